The summed E-state index contributed by atoms with van der Waals surface area (Å²) in [6.45, 7) is 0.720. The number of carbonyl (C=O) groups excluding carboxylic acids is 1. The lowest BCUT2D eigenvalue weighted by atomic mass is 10.2. The molecule has 1 aliphatic rings. The Kier molecular flexibility index (Phi) is 3.77. The summed E-state index contributed by atoms with van der Waals surface area (Å²) in [4.78, 5) is 16.7. The molecule has 0 fully saturated rings. The summed E-state index contributed by atoms with van der Waals surface area (Å²) in [5.74, 6) is 2.55. The molecule has 1 aromatic heterocycles. The highest BCUT2D eigenvalue weighted by Crippen LogP contribution is 2.24. The van der Waals surface area contributed by atoms with E-state index >= 15 is 0 Å². The molecular formula is C11H14N6O2. The average Bonchev–Trinajstić information content (AvgIpc) is 2.93. The van der Waals surface area contributed by atoms with Crippen molar-refractivity contribution in [1.82, 2.24) is 19.9 Å². The Labute approximate surface area is 109 Å². The van der Waals surface area contributed by atoms with E-state index in [-0.39, 0.29) is 19.0 Å². The summed E-state index contributed by atoms with van der Waals surface area (Å²) in [5.41, 5.74) is 6.25. The summed E-state index contributed by atoms with van der Waals surface area (Å²) in [6, 6.07) is -1.03. The van der Waals surface area contributed by atoms with Crippen molar-refractivity contribution in [3.05, 3.63) is 11.9 Å². The molecule has 1 aromatic rings. The third kappa shape index (κ3) is 2.56. The third-order valence-electron chi connectivity index (χ3n) is 2.71. The Balaban J connectivity index is 2.19. The van der Waals surface area contributed by atoms with Crippen molar-refractivity contribution in [2.45, 2.75) is 19.0 Å². The number of rotatable bonds is 5. The van der Waals surface area contributed by atoms with Crippen molar-refractivity contribution in [3.63, 3.8) is 0 Å². The number of aliphatic hydroxyl groups is 1. The number of amidine groups is 1. The zero-order valence-corrected chi connectivity index (χ0v) is 10.2. The summed E-state index contributed by atoms with van der Waals surface area (Å²) < 4.78 is 1.58. The summed E-state index contributed by atoms with van der Waals surface area (Å²) in [7, 11) is 0. The molecule has 0 radical (unpaired) electrons. The highest BCUT2D eigenvalue weighted by atomic mass is 16.3. The lowest BCUT2D eigenvalue weighted by molar-refractivity contribution is 0.213. The molecule has 19 heavy (non-hydrogen) atoms. The van der Waals surface area contributed by atoms with Crippen LogP contribution >= 0.6 is 0 Å². The van der Waals surface area contributed by atoms with Crippen LogP contribution in [0.25, 0.3) is 0 Å². The summed E-state index contributed by atoms with van der Waals surface area (Å²) in [5, 5.41) is 16.6. The van der Waals surface area contributed by atoms with Crippen molar-refractivity contribution in [1.29, 1.82) is 0 Å². The molecule has 0 aliphatic carbocycles. The van der Waals surface area contributed by atoms with Crippen LogP contribution in [0.4, 0.5) is 4.79 Å². The topological polar surface area (TPSA) is 110 Å². The molecule has 3 N–H and O–H groups in total. The molecule has 2 heterocycles. The van der Waals surface area contributed by atoms with E-state index in [0.717, 1.165) is 0 Å². The number of aromatic nitrogens is 3. The molecule has 1 aliphatic heterocycles. The van der Waals surface area contributed by atoms with Crippen molar-refractivity contribution >= 4 is 11.9 Å². The van der Waals surface area contributed by atoms with Crippen LogP contribution < -0.4 is 5.73 Å². The SMILES string of the molecule is C#CCN1C(=O)N=C(N)C1c1cn(CCCO)nn1. The molecule has 2 amide bonds. The van der Waals surface area contributed by atoms with Gasteiger partial charge in [0, 0.05) is 13.2 Å². The van der Waals surface area contributed by atoms with Crippen LogP contribution in [0, 0.1) is 12.3 Å². The van der Waals surface area contributed by atoms with E-state index in [1.807, 2.05) is 0 Å². The van der Waals surface area contributed by atoms with Gasteiger partial charge in [-0.25, -0.2) is 4.79 Å². The molecule has 1 unspecified atom stereocenters. The van der Waals surface area contributed by atoms with Crippen LogP contribution in [-0.4, -0.2) is 50.0 Å². The van der Waals surface area contributed by atoms with Crippen molar-refractivity contribution in [3.8, 4) is 12.3 Å². The van der Waals surface area contributed by atoms with Gasteiger partial charge in [-0.1, -0.05) is 11.1 Å². The zero-order chi connectivity index (χ0) is 13.8. The quantitative estimate of drug-likeness (QED) is 0.670. The smallest absolute Gasteiger partial charge is 0.347 e. The van der Waals surface area contributed by atoms with Gasteiger partial charge >= 0.3 is 6.03 Å². The standard InChI is InChI=1S/C11H14N6O2/c1-2-4-17-9(10(12)13-11(17)19)8-7-16(15-14-8)5-3-6-18/h1,7,9,18H,3-6H2,(H2,12,13,19). The Morgan fingerprint density at radius 3 is 3.05 bits per heavy atom. The molecule has 100 valence electrons. The van der Waals surface area contributed by atoms with E-state index in [0.29, 0.717) is 18.7 Å². The van der Waals surface area contributed by atoms with Crippen molar-refractivity contribution in [2.24, 2.45) is 10.7 Å². The van der Waals surface area contributed by atoms with Crippen molar-refractivity contribution in [2.75, 3.05) is 13.2 Å². The molecule has 8 nitrogen and oxygen atoms in total. The van der Waals surface area contributed by atoms with Gasteiger partial charge in [0.15, 0.2) is 0 Å². The van der Waals surface area contributed by atoms with Gasteiger partial charge in [0.05, 0.1) is 12.7 Å². The minimum Gasteiger partial charge on any atom is -0.396 e. The summed E-state index contributed by atoms with van der Waals surface area (Å²) in [6.07, 6.45) is 7.47. The third-order valence-corrected chi connectivity index (χ3v) is 2.71. The van der Waals surface area contributed by atoms with Crippen LogP contribution in [0.3, 0.4) is 0 Å². The number of hydrogen-bond acceptors (Lipinski definition) is 5. The number of terminal acetylenes is 1. The lowest BCUT2D eigenvalue weighted by Gasteiger charge is -2.19. The van der Waals surface area contributed by atoms with Gasteiger partial charge < -0.3 is 10.8 Å². The van der Waals surface area contributed by atoms with Gasteiger partial charge in [0.2, 0.25) is 0 Å². The first-order valence-electron chi connectivity index (χ1n) is 5.76. The fourth-order valence-corrected chi connectivity index (χ4v) is 1.86. The van der Waals surface area contributed by atoms with E-state index in [4.69, 9.17) is 17.3 Å². The number of aryl methyl sites for hydroxylation is 1. The van der Waals surface area contributed by atoms with E-state index < -0.39 is 12.1 Å². The highest BCUT2D eigenvalue weighted by Gasteiger charge is 2.35. The largest absolute Gasteiger partial charge is 0.396 e. The second kappa shape index (κ2) is 5.49. The lowest BCUT2D eigenvalue weighted by Crippen LogP contribution is -2.33. The molecule has 0 spiro atoms. The minimum absolute atomic E-state index is 0.0733. The molecule has 0 saturated carbocycles. The van der Waals surface area contributed by atoms with E-state index in [1.54, 1.807) is 10.9 Å². The Bertz CT molecular complexity index is 544. The fraction of sp³-hybridized carbons (Fsp3) is 0.455. The average molecular weight is 262 g/mol. The van der Waals surface area contributed by atoms with Gasteiger partial charge in [-0.3, -0.25) is 9.58 Å². The first-order valence-corrected chi connectivity index (χ1v) is 5.76. The first-order chi connectivity index (χ1) is 9.17. The number of nitrogens with zero attached hydrogens (tertiary/aromatic N) is 5. The maximum Gasteiger partial charge on any atom is 0.347 e. The fourth-order valence-electron chi connectivity index (χ4n) is 1.86. The zero-order valence-electron chi connectivity index (χ0n) is 10.2. The molecule has 0 aromatic carbocycles. The van der Waals surface area contributed by atoms with Crippen LogP contribution in [0.1, 0.15) is 18.2 Å². The van der Waals surface area contributed by atoms with Crippen molar-refractivity contribution < 1.29 is 9.90 Å². The molecule has 8 heteroatoms. The van der Waals surface area contributed by atoms with E-state index in [9.17, 15) is 4.79 Å². The molecular weight excluding hydrogens is 248 g/mol. The van der Waals surface area contributed by atoms with Crippen LogP contribution in [0.5, 0.6) is 0 Å². The Morgan fingerprint density at radius 1 is 1.58 bits per heavy atom. The van der Waals surface area contributed by atoms with E-state index in [2.05, 4.69) is 21.2 Å². The predicted octanol–water partition coefficient (Wildman–Crippen LogP) is -0.872. The number of aliphatic hydroxyl groups excluding tert-OH is 1. The monoisotopic (exact) mass is 262 g/mol. The maximum absolute atomic E-state index is 11.6. The van der Waals surface area contributed by atoms with Crippen LogP contribution in [-0.2, 0) is 6.54 Å². The molecule has 0 saturated heterocycles. The molecule has 1 atom stereocenters. The predicted molar refractivity (Wildman–Crippen MR) is 67.0 cm³/mol. The molecule has 0 bridgehead atoms. The number of hydrogen-bond donors (Lipinski definition) is 2. The maximum atomic E-state index is 11.6. The van der Waals surface area contributed by atoms with Crippen LogP contribution in [0.2, 0.25) is 0 Å². The second-order valence-electron chi connectivity index (χ2n) is 4.04. The first kappa shape index (κ1) is 13.0. The van der Waals surface area contributed by atoms with Gasteiger partial charge in [0.25, 0.3) is 0 Å². The van der Waals surface area contributed by atoms with Gasteiger partial charge in [-0.05, 0) is 6.42 Å². The van der Waals surface area contributed by atoms with Crippen LogP contribution in [0.15, 0.2) is 11.2 Å². The Morgan fingerprint density at radius 2 is 2.37 bits per heavy atom. The number of nitrogens with two attached hydrogens (primary N) is 1. The van der Waals surface area contributed by atoms with Gasteiger partial charge in [0.1, 0.15) is 17.6 Å². The van der Waals surface area contributed by atoms with Gasteiger partial charge in [-0.2, -0.15) is 4.99 Å². The minimum atomic E-state index is -0.563. The summed E-state index contributed by atoms with van der Waals surface area (Å²) >= 11 is 0. The number of carbonyl (C=O) groups is 1. The van der Waals surface area contributed by atoms with Gasteiger partial charge in [-0.15, -0.1) is 11.5 Å². The number of amides is 2. The van der Waals surface area contributed by atoms with E-state index in [1.165, 1.54) is 4.90 Å². The number of urea groups is 1. The molecule has 2 rings (SSSR count). The normalized spacial score (nSPS) is 18.5. The second-order valence-corrected chi connectivity index (χ2v) is 4.04. The Hall–Kier alpha value is -2.40. The highest BCUT2D eigenvalue weighted by molar-refractivity contribution is 6.03. The number of aliphatic imine (C=N–C) groups is 1.